The molecule has 1 aromatic heterocycles. The van der Waals surface area contributed by atoms with E-state index in [1.807, 2.05) is 0 Å². The first-order chi connectivity index (χ1) is 24.7. The van der Waals surface area contributed by atoms with Gasteiger partial charge in [-0.2, -0.15) is 0 Å². The highest BCUT2D eigenvalue weighted by atomic mass is 16.3. The Balaban J connectivity index is 1.41. The number of fused-ring (bicyclic) bond motifs is 7. The number of furan rings is 1. The predicted octanol–water partition coefficient (Wildman–Crippen LogP) is 12.2. The maximum absolute atomic E-state index is 6.54. The first-order valence-corrected chi connectivity index (χ1v) is 18.7. The molecule has 3 heterocycles. The number of para-hydroxylation sites is 2. The smallest absolute Gasteiger partial charge is 0.329 e. The number of hydrogen-bond donors (Lipinski definition) is 0. The van der Waals surface area contributed by atoms with E-state index in [1.54, 1.807) is 0 Å². The quantitative estimate of drug-likeness (QED) is 0.170. The fraction of sp³-hybridized carbons (Fsp3) is 0.250. The summed E-state index contributed by atoms with van der Waals surface area (Å²) in [5, 5.41) is 2.31. The van der Waals surface area contributed by atoms with Crippen LogP contribution < -0.4 is 20.6 Å². The van der Waals surface area contributed by atoms with Gasteiger partial charge in [0.25, 0.3) is 0 Å². The van der Waals surface area contributed by atoms with Gasteiger partial charge in [-0.25, -0.2) is 0 Å². The van der Waals surface area contributed by atoms with Crippen molar-refractivity contribution in [3.63, 3.8) is 0 Å². The third-order valence-electron chi connectivity index (χ3n) is 11.3. The fourth-order valence-corrected chi connectivity index (χ4v) is 8.30. The average Bonchev–Trinajstić information content (AvgIpc) is 3.48. The van der Waals surface area contributed by atoms with Gasteiger partial charge in [-0.15, -0.1) is 0 Å². The molecule has 7 aromatic rings. The molecule has 0 spiro atoms. The molecule has 3 nitrogen and oxygen atoms in total. The lowest BCUT2D eigenvalue weighted by atomic mass is 9.45. The van der Waals surface area contributed by atoms with Gasteiger partial charge in [-0.3, -0.25) is 0 Å². The van der Waals surface area contributed by atoms with Gasteiger partial charge in [0.05, 0.1) is 22.7 Å². The fourth-order valence-electron chi connectivity index (χ4n) is 8.30. The third-order valence-corrected chi connectivity index (χ3v) is 11.3. The van der Waals surface area contributed by atoms with Crippen LogP contribution in [-0.2, 0) is 16.2 Å². The van der Waals surface area contributed by atoms with E-state index in [4.69, 9.17) is 4.42 Å². The normalized spacial score (nSPS) is 14.1. The van der Waals surface area contributed by atoms with Gasteiger partial charge in [-0.1, -0.05) is 135 Å². The second kappa shape index (κ2) is 11.1. The summed E-state index contributed by atoms with van der Waals surface area (Å²) in [4.78, 5) is 5.16. The molecule has 0 aliphatic carbocycles. The first kappa shape index (κ1) is 32.7. The molecule has 0 fully saturated rings. The SMILES string of the molecule is CC(C)(C)c1ccc2c(c1)-c1cc(C(C)(C)C)cc3c1N(B2c1ccc2c(c1)oc1ccccc12)c1ccc(C(C)(C)C)cc1N3c1ccccc1. The third kappa shape index (κ3) is 5.02. The minimum absolute atomic E-state index is 0.00256. The van der Waals surface area contributed by atoms with Crippen LogP contribution in [0, 0.1) is 0 Å². The van der Waals surface area contributed by atoms with E-state index in [-0.39, 0.29) is 23.1 Å². The van der Waals surface area contributed by atoms with Gasteiger partial charge >= 0.3 is 6.85 Å². The van der Waals surface area contributed by atoms with Gasteiger partial charge in [0.2, 0.25) is 0 Å². The van der Waals surface area contributed by atoms with Gasteiger partial charge in [0.1, 0.15) is 11.2 Å². The molecule has 0 N–H and O–H groups in total. The molecule has 2 aliphatic heterocycles. The van der Waals surface area contributed by atoms with Crippen molar-refractivity contribution in [1.29, 1.82) is 0 Å². The maximum atomic E-state index is 6.54. The molecule has 6 aromatic carbocycles. The van der Waals surface area contributed by atoms with Crippen molar-refractivity contribution in [1.82, 2.24) is 0 Å². The molecule has 0 amide bonds. The van der Waals surface area contributed by atoms with Crippen LogP contribution in [0.1, 0.15) is 79.0 Å². The van der Waals surface area contributed by atoms with Crippen molar-refractivity contribution >= 4 is 68.1 Å². The standard InChI is InChI=1S/C48H47BN2O/c1-46(2,3)30-19-23-39-37(25-30)38-26-32(48(7,8)9)28-42-45(38)51(49(39)33-21-22-36-35-17-13-14-18-43(35)52-44(36)29-33)40-24-20-31(47(4,5)6)27-41(40)50(42)34-15-11-10-12-16-34/h10-29H,1-9H3. The summed E-state index contributed by atoms with van der Waals surface area (Å²) in [5.74, 6) is 0. The van der Waals surface area contributed by atoms with Gasteiger partial charge < -0.3 is 14.1 Å². The Bertz CT molecular complexity index is 2540. The van der Waals surface area contributed by atoms with E-state index in [0.29, 0.717) is 0 Å². The molecule has 9 rings (SSSR count). The summed E-state index contributed by atoms with van der Waals surface area (Å²) in [6, 6.07) is 45.5. The molecule has 0 radical (unpaired) electrons. The zero-order chi connectivity index (χ0) is 36.3. The molecule has 4 heteroatoms. The van der Waals surface area contributed by atoms with Crippen molar-refractivity contribution in [2.45, 2.75) is 78.6 Å². The molecule has 52 heavy (non-hydrogen) atoms. The predicted molar refractivity (Wildman–Crippen MR) is 224 cm³/mol. The van der Waals surface area contributed by atoms with E-state index in [9.17, 15) is 0 Å². The van der Waals surface area contributed by atoms with Crippen LogP contribution in [0.2, 0.25) is 0 Å². The minimum atomic E-state index is -0.0782. The lowest BCUT2D eigenvalue weighted by Crippen LogP contribution is -2.58. The Kier molecular flexibility index (Phi) is 7.00. The molecule has 0 saturated heterocycles. The summed E-state index contributed by atoms with van der Waals surface area (Å²) < 4.78 is 6.54. The first-order valence-electron chi connectivity index (χ1n) is 18.7. The van der Waals surface area contributed by atoms with Crippen LogP contribution in [0.3, 0.4) is 0 Å². The maximum Gasteiger partial charge on any atom is 0.329 e. The monoisotopic (exact) mass is 678 g/mol. The highest BCUT2D eigenvalue weighted by molar-refractivity contribution is 6.91. The Morgan fingerprint density at radius 1 is 0.481 bits per heavy atom. The zero-order valence-electron chi connectivity index (χ0n) is 31.9. The van der Waals surface area contributed by atoms with E-state index in [2.05, 4.69) is 193 Å². The highest BCUT2D eigenvalue weighted by Crippen LogP contribution is 2.58. The Labute approximate surface area is 309 Å². The zero-order valence-corrected chi connectivity index (χ0v) is 31.9. The van der Waals surface area contributed by atoms with Crippen molar-refractivity contribution in [3.05, 3.63) is 138 Å². The molecule has 0 atom stereocenters. The van der Waals surface area contributed by atoms with E-state index in [1.165, 1.54) is 61.5 Å². The number of nitrogens with zero attached hydrogens (tertiary/aromatic N) is 2. The number of hydrogen-bond acceptors (Lipinski definition) is 3. The molecular formula is C48H47BN2O. The van der Waals surface area contributed by atoms with Crippen LogP contribution in [-0.4, -0.2) is 6.85 Å². The Hall–Kier alpha value is -5.22. The lowest BCUT2D eigenvalue weighted by Gasteiger charge is -2.48. The summed E-state index contributed by atoms with van der Waals surface area (Å²) in [7, 11) is 0. The van der Waals surface area contributed by atoms with Crippen LogP contribution in [0.15, 0.2) is 126 Å². The van der Waals surface area contributed by atoms with Crippen molar-refractivity contribution < 1.29 is 4.42 Å². The topological polar surface area (TPSA) is 19.6 Å². The molecule has 0 unspecified atom stereocenters. The number of rotatable bonds is 2. The molecule has 0 bridgehead atoms. The van der Waals surface area contributed by atoms with Crippen LogP contribution in [0.25, 0.3) is 33.1 Å². The van der Waals surface area contributed by atoms with E-state index in [0.717, 1.165) is 27.6 Å². The van der Waals surface area contributed by atoms with E-state index < -0.39 is 0 Å². The Morgan fingerprint density at radius 3 is 1.83 bits per heavy atom. The number of benzene rings is 6. The summed E-state index contributed by atoms with van der Waals surface area (Å²) in [6.07, 6.45) is 0. The second-order valence-corrected chi connectivity index (χ2v) is 17.9. The molecule has 0 saturated carbocycles. The lowest BCUT2D eigenvalue weighted by molar-refractivity contribution is 0.589. The van der Waals surface area contributed by atoms with Crippen molar-refractivity contribution in [2.75, 3.05) is 9.71 Å². The molecular weight excluding hydrogens is 631 g/mol. The van der Waals surface area contributed by atoms with Crippen LogP contribution in [0.5, 0.6) is 0 Å². The summed E-state index contributed by atoms with van der Waals surface area (Å²) in [6.45, 7) is 20.8. The second-order valence-electron chi connectivity index (χ2n) is 17.9. The largest absolute Gasteiger partial charge is 0.456 e. The summed E-state index contributed by atoms with van der Waals surface area (Å²) in [5.41, 5.74) is 16.9. The average molecular weight is 679 g/mol. The van der Waals surface area contributed by atoms with Crippen molar-refractivity contribution in [2.24, 2.45) is 0 Å². The number of anilines is 5. The van der Waals surface area contributed by atoms with Gasteiger partial charge in [0.15, 0.2) is 0 Å². The van der Waals surface area contributed by atoms with E-state index >= 15 is 0 Å². The summed E-state index contributed by atoms with van der Waals surface area (Å²) >= 11 is 0. The van der Waals surface area contributed by atoms with Gasteiger partial charge in [0, 0.05) is 22.0 Å². The Morgan fingerprint density at radius 2 is 1.10 bits per heavy atom. The molecule has 258 valence electrons. The minimum Gasteiger partial charge on any atom is -0.456 e. The molecule has 2 aliphatic rings. The van der Waals surface area contributed by atoms with Gasteiger partial charge in [-0.05, 0) is 98.0 Å². The van der Waals surface area contributed by atoms with Crippen LogP contribution in [0.4, 0.5) is 28.4 Å². The van der Waals surface area contributed by atoms with Crippen molar-refractivity contribution in [3.8, 4) is 11.1 Å². The highest BCUT2D eigenvalue weighted by Gasteiger charge is 2.45. The van der Waals surface area contributed by atoms with Crippen LogP contribution >= 0.6 is 0 Å².